The smallest absolute Gasteiger partial charge is 0.163 e. The monoisotopic (exact) mass is 245 g/mol. The molecule has 0 amide bonds. The molecule has 0 bridgehead atoms. The Kier molecular flexibility index (Phi) is 4.94. The van der Waals surface area contributed by atoms with Crippen molar-refractivity contribution in [3.05, 3.63) is 35.4 Å². The lowest BCUT2D eigenvalue weighted by atomic mass is 9.94. The highest BCUT2D eigenvalue weighted by atomic mass is 16.1. The average molecular weight is 245 g/mol. The van der Waals surface area contributed by atoms with Gasteiger partial charge in [-0.1, -0.05) is 49.9 Å². The molecule has 1 saturated carbocycles. The molecule has 18 heavy (non-hydrogen) atoms. The second-order valence-electron chi connectivity index (χ2n) is 5.31. The summed E-state index contributed by atoms with van der Waals surface area (Å²) in [5.41, 5.74) is 7.59. The van der Waals surface area contributed by atoms with Gasteiger partial charge in [0, 0.05) is 12.0 Å². The fourth-order valence-corrected chi connectivity index (χ4v) is 2.93. The van der Waals surface area contributed by atoms with Gasteiger partial charge in [-0.15, -0.1) is 0 Å². The molecule has 2 N–H and O–H groups in total. The number of Topliss-reactive ketones (excluding diaryl/α,β-unsaturated/α-hetero) is 1. The standard InChI is InChI=1S/C16H23NO/c17-12-11-14-7-3-4-8-15(14)16(18)10-9-13-5-1-2-6-13/h3-4,7-8,13H,1-2,5-6,9-12,17H2. The molecule has 2 rings (SSSR count). The first kappa shape index (κ1) is 13.3. The lowest BCUT2D eigenvalue weighted by molar-refractivity contribution is 0.0973. The Morgan fingerprint density at radius 1 is 1.22 bits per heavy atom. The molecule has 98 valence electrons. The largest absolute Gasteiger partial charge is 0.330 e. The lowest BCUT2D eigenvalue weighted by Gasteiger charge is -2.10. The van der Waals surface area contributed by atoms with Crippen LogP contribution in [0.1, 0.15) is 54.4 Å². The van der Waals surface area contributed by atoms with Crippen molar-refractivity contribution < 1.29 is 4.79 Å². The van der Waals surface area contributed by atoms with Gasteiger partial charge in [0.15, 0.2) is 5.78 Å². The maximum absolute atomic E-state index is 12.3. The highest BCUT2D eigenvalue weighted by Gasteiger charge is 2.17. The van der Waals surface area contributed by atoms with Gasteiger partial charge in [0.2, 0.25) is 0 Å². The van der Waals surface area contributed by atoms with E-state index in [1.54, 1.807) is 0 Å². The molecule has 1 aromatic rings. The van der Waals surface area contributed by atoms with Gasteiger partial charge in [0.25, 0.3) is 0 Å². The van der Waals surface area contributed by atoms with E-state index in [2.05, 4.69) is 0 Å². The Morgan fingerprint density at radius 2 is 1.94 bits per heavy atom. The summed E-state index contributed by atoms with van der Waals surface area (Å²) in [6.45, 7) is 0.604. The van der Waals surface area contributed by atoms with Crippen molar-refractivity contribution in [3.63, 3.8) is 0 Å². The number of benzene rings is 1. The molecular formula is C16H23NO. The number of nitrogens with two attached hydrogens (primary N) is 1. The van der Waals surface area contributed by atoms with E-state index in [4.69, 9.17) is 5.73 Å². The minimum absolute atomic E-state index is 0.297. The van der Waals surface area contributed by atoms with Crippen molar-refractivity contribution >= 4 is 5.78 Å². The van der Waals surface area contributed by atoms with Crippen LogP contribution in [0.4, 0.5) is 0 Å². The van der Waals surface area contributed by atoms with Crippen LogP contribution in [0.15, 0.2) is 24.3 Å². The molecule has 1 fully saturated rings. The van der Waals surface area contributed by atoms with E-state index in [0.29, 0.717) is 18.7 Å². The summed E-state index contributed by atoms with van der Waals surface area (Å²) in [7, 11) is 0. The zero-order valence-electron chi connectivity index (χ0n) is 11.0. The summed E-state index contributed by atoms with van der Waals surface area (Å²) < 4.78 is 0. The molecule has 0 saturated heterocycles. The number of ketones is 1. The number of carbonyl (C=O) groups excluding carboxylic acids is 1. The molecule has 0 spiro atoms. The van der Waals surface area contributed by atoms with Gasteiger partial charge in [-0.3, -0.25) is 4.79 Å². The topological polar surface area (TPSA) is 43.1 Å². The Hall–Kier alpha value is -1.15. The Labute approximate surface area is 110 Å². The van der Waals surface area contributed by atoms with Crippen LogP contribution in [-0.2, 0) is 6.42 Å². The molecule has 1 aliphatic carbocycles. The van der Waals surface area contributed by atoms with Crippen molar-refractivity contribution in [2.75, 3.05) is 6.54 Å². The normalized spacial score (nSPS) is 16.1. The van der Waals surface area contributed by atoms with Crippen LogP contribution in [0.5, 0.6) is 0 Å². The van der Waals surface area contributed by atoms with Crippen LogP contribution in [0.2, 0.25) is 0 Å². The number of rotatable bonds is 6. The number of hydrogen-bond acceptors (Lipinski definition) is 2. The van der Waals surface area contributed by atoms with E-state index in [1.807, 2.05) is 24.3 Å². The zero-order chi connectivity index (χ0) is 12.8. The molecule has 2 nitrogen and oxygen atoms in total. The third-order valence-corrected chi connectivity index (χ3v) is 3.99. The summed E-state index contributed by atoms with van der Waals surface area (Å²) in [5, 5.41) is 0. The Morgan fingerprint density at radius 3 is 2.67 bits per heavy atom. The van der Waals surface area contributed by atoms with Crippen LogP contribution in [-0.4, -0.2) is 12.3 Å². The van der Waals surface area contributed by atoms with E-state index in [9.17, 15) is 4.79 Å². The van der Waals surface area contributed by atoms with Gasteiger partial charge >= 0.3 is 0 Å². The second kappa shape index (κ2) is 6.69. The quantitative estimate of drug-likeness (QED) is 0.781. The van der Waals surface area contributed by atoms with Crippen molar-refractivity contribution in [1.82, 2.24) is 0 Å². The first-order valence-corrected chi connectivity index (χ1v) is 7.12. The summed E-state index contributed by atoms with van der Waals surface area (Å²) in [6.07, 6.45) is 7.90. The number of hydrogen-bond donors (Lipinski definition) is 1. The average Bonchev–Trinajstić information content (AvgIpc) is 2.90. The molecule has 0 aromatic heterocycles. The lowest BCUT2D eigenvalue weighted by Crippen LogP contribution is -2.10. The molecule has 0 heterocycles. The van der Waals surface area contributed by atoms with E-state index in [-0.39, 0.29) is 0 Å². The van der Waals surface area contributed by atoms with Gasteiger partial charge in [-0.25, -0.2) is 0 Å². The minimum atomic E-state index is 0.297. The summed E-state index contributed by atoms with van der Waals surface area (Å²) in [6, 6.07) is 7.90. The van der Waals surface area contributed by atoms with Crippen LogP contribution < -0.4 is 5.73 Å². The van der Waals surface area contributed by atoms with Gasteiger partial charge in [0.05, 0.1) is 0 Å². The molecular weight excluding hydrogens is 222 g/mol. The summed E-state index contributed by atoms with van der Waals surface area (Å²) in [5.74, 6) is 1.08. The van der Waals surface area contributed by atoms with Crippen molar-refractivity contribution in [2.24, 2.45) is 11.7 Å². The van der Waals surface area contributed by atoms with Gasteiger partial charge < -0.3 is 5.73 Å². The summed E-state index contributed by atoms with van der Waals surface area (Å²) in [4.78, 5) is 12.3. The van der Waals surface area contributed by atoms with E-state index < -0.39 is 0 Å². The molecule has 0 radical (unpaired) electrons. The van der Waals surface area contributed by atoms with Crippen LogP contribution in [0.3, 0.4) is 0 Å². The minimum Gasteiger partial charge on any atom is -0.330 e. The molecule has 1 aliphatic rings. The third-order valence-electron chi connectivity index (χ3n) is 3.99. The second-order valence-corrected chi connectivity index (χ2v) is 5.31. The fraction of sp³-hybridized carbons (Fsp3) is 0.562. The maximum Gasteiger partial charge on any atom is 0.163 e. The van der Waals surface area contributed by atoms with E-state index in [1.165, 1.54) is 25.7 Å². The van der Waals surface area contributed by atoms with Gasteiger partial charge in [-0.2, -0.15) is 0 Å². The van der Waals surface area contributed by atoms with Crippen LogP contribution in [0, 0.1) is 5.92 Å². The van der Waals surface area contributed by atoms with Crippen molar-refractivity contribution in [1.29, 1.82) is 0 Å². The van der Waals surface area contributed by atoms with Crippen molar-refractivity contribution in [2.45, 2.75) is 44.9 Å². The molecule has 2 heteroatoms. The molecule has 0 unspecified atom stereocenters. The van der Waals surface area contributed by atoms with E-state index in [0.717, 1.165) is 29.9 Å². The van der Waals surface area contributed by atoms with Crippen LogP contribution >= 0.6 is 0 Å². The highest BCUT2D eigenvalue weighted by Crippen LogP contribution is 2.29. The third kappa shape index (κ3) is 3.42. The maximum atomic E-state index is 12.3. The molecule has 1 aromatic carbocycles. The SMILES string of the molecule is NCCc1ccccc1C(=O)CCC1CCCC1. The predicted octanol–water partition coefficient (Wildman–Crippen LogP) is 3.34. The van der Waals surface area contributed by atoms with Crippen molar-refractivity contribution in [3.8, 4) is 0 Å². The zero-order valence-corrected chi connectivity index (χ0v) is 11.0. The first-order chi connectivity index (χ1) is 8.81. The Balaban J connectivity index is 1.94. The van der Waals surface area contributed by atoms with E-state index >= 15 is 0 Å². The first-order valence-electron chi connectivity index (χ1n) is 7.12. The van der Waals surface area contributed by atoms with Gasteiger partial charge in [0.1, 0.15) is 0 Å². The number of carbonyl (C=O) groups is 1. The Bertz CT molecular complexity index is 394. The van der Waals surface area contributed by atoms with Gasteiger partial charge in [-0.05, 0) is 30.9 Å². The predicted molar refractivity (Wildman–Crippen MR) is 74.7 cm³/mol. The summed E-state index contributed by atoms with van der Waals surface area (Å²) >= 11 is 0. The van der Waals surface area contributed by atoms with Crippen LogP contribution in [0.25, 0.3) is 0 Å². The molecule has 0 atom stereocenters. The fourth-order valence-electron chi connectivity index (χ4n) is 2.93. The highest BCUT2D eigenvalue weighted by molar-refractivity contribution is 5.97. The molecule has 0 aliphatic heterocycles.